The van der Waals surface area contributed by atoms with Gasteiger partial charge in [-0.15, -0.1) is 0 Å². The van der Waals surface area contributed by atoms with E-state index in [1.54, 1.807) is 0 Å². The normalized spacial score (nSPS) is 25.0. The molecule has 4 heteroatoms. The van der Waals surface area contributed by atoms with Crippen LogP contribution in [0.15, 0.2) is 0 Å². The van der Waals surface area contributed by atoms with Crippen molar-refractivity contribution < 1.29 is 19.4 Å². The number of aliphatic hydroxyl groups excluding tert-OH is 1. The molecule has 0 aromatic carbocycles. The van der Waals surface area contributed by atoms with Gasteiger partial charge in [-0.05, 0) is 46.0 Å². The highest BCUT2D eigenvalue weighted by Gasteiger charge is 2.26. The van der Waals surface area contributed by atoms with E-state index in [1.165, 1.54) is 0 Å². The predicted molar refractivity (Wildman–Crippen MR) is 60.0 cm³/mol. The lowest BCUT2D eigenvalue weighted by atomic mass is 9.80. The lowest BCUT2D eigenvalue weighted by Crippen LogP contribution is -2.30. The van der Waals surface area contributed by atoms with Gasteiger partial charge in [-0.2, -0.15) is 0 Å². The van der Waals surface area contributed by atoms with E-state index < -0.39 is 5.60 Å². The summed E-state index contributed by atoms with van der Waals surface area (Å²) in [7, 11) is 0. The van der Waals surface area contributed by atoms with E-state index in [0.29, 0.717) is 12.5 Å². The Hall–Kier alpha value is -0.610. The van der Waals surface area contributed by atoms with Crippen LogP contribution >= 0.6 is 0 Å². The first-order valence-corrected chi connectivity index (χ1v) is 5.84. The van der Waals surface area contributed by atoms with Crippen LogP contribution in [0.1, 0.15) is 40.0 Å². The van der Waals surface area contributed by atoms with Crippen molar-refractivity contribution in [2.24, 2.45) is 5.92 Å². The monoisotopic (exact) mass is 230 g/mol. The Morgan fingerprint density at radius 2 is 2.00 bits per heavy atom. The van der Waals surface area contributed by atoms with Crippen LogP contribution in [0.3, 0.4) is 0 Å². The highest BCUT2D eigenvalue weighted by atomic mass is 16.6. The molecule has 0 heterocycles. The van der Waals surface area contributed by atoms with Crippen molar-refractivity contribution in [1.82, 2.24) is 0 Å². The van der Waals surface area contributed by atoms with Crippen molar-refractivity contribution in [3.63, 3.8) is 0 Å². The molecule has 1 rings (SSSR count). The number of hydrogen-bond donors (Lipinski definition) is 1. The van der Waals surface area contributed by atoms with Gasteiger partial charge in [0.1, 0.15) is 12.2 Å². The molecule has 94 valence electrons. The Bertz CT molecular complexity index is 226. The van der Waals surface area contributed by atoms with Crippen LogP contribution in [-0.4, -0.2) is 36.0 Å². The molecule has 0 bridgehead atoms. The maximum Gasteiger partial charge on any atom is 0.332 e. The van der Waals surface area contributed by atoms with Crippen molar-refractivity contribution >= 4 is 5.97 Å². The zero-order valence-corrected chi connectivity index (χ0v) is 10.4. The van der Waals surface area contributed by atoms with E-state index in [-0.39, 0.29) is 18.7 Å². The van der Waals surface area contributed by atoms with E-state index in [2.05, 4.69) is 0 Å². The molecule has 0 atom stereocenters. The van der Waals surface area contributed by atoms with Crippen molar-refractivity contribution in [2.75, 3.05) is 13.2 Å². The summed E-state index contributed by atoms with van der Waals surface area (Å²) in [5, 5.41) is 9.08. The minimum Gasteiger partial charge on any atom is -0.458 e. The third kappa shape index (κ3) is 5.47. The number of carbonyl (C=O) groups is 1. The lowest BCUT2D eigenvalue weighted by Gasteiger charge is -2.31. The summed E-state index contributed by atoms with van der Waals surface area (Å²) >= 11 is 0. The first-order chi connectivity index (χ1) is 7.37. The number of hydrogen-bond acceptors (Lipinski definition) is 4. The highest BCUT2D eigenvalue weighted by Crippen LogP contribution is 2.29. The van der Waals surface area contributed by atoms with Crippen LogP contribution in [0.5, 0.6) is 0 Å². The van der Waals surface area contributed by atoms with Crippen LogP contribution < -0.4 is 0 Å². The van der Waals surface area contributed by atoms with Crippen LogP contribution in [0, 0.1) is 5.92 Å². The first-order valence-electron chi connectivity index (χ1n) is 5.84. The van der Waals surface area contributed by atoms with Crippen molar-refractivity contribution in [2.45, 2.75) is 51.7 Å². The maximum atomic E-state index is 11.3. The Morgan fingerprint density at radius 1 is 1.38 bits per heavy atom. The summed E-state index contributed by atoms with van der Waals surface area (Å²) in [6.45, 7) is 6.09. The molecular weight excluding hydrogens is 208 g/mol. The smallest absolute Gasteiger partial charge is 0.332 e. The van der Waals surface area contributed by atoms with Crippen molar-refractivity contribution in [3.05, 3.63) is 0 Å². The lowest BCUT2D eigenvalue weighted by molar-refractivity contribution is -0.160. The second kappa shape index (κ2) is 5.64. The molecular formula is C12H22O4. The molecule has 1 aliphatic rings. The minimum absolute atomic E-state index is 0.0204. The molecule has 0 spiro atoms. The van der Waals surface area contributed by atoms with E-state index >= 15 is 0 Å². The third-order valence-corrected chi connectivity index (χ3v) is 2.52. The van der Waals surface area contributed by atoms with Gasteiger partial charge in [0.2, 0.25) is 0 Å². The number of aliphatic hydroxyl groups is 1. The molecule has 1 aliphatic carbocycles. The van der Waals surface area contributed by atoms with Gasteiger partial charge in [-0.3, -0.25) is 0 Å². The summed E-state index contributed by atoms with van der Waals surface area (Å²) in [4.78, 5) is 11.3. The van der Waals surface area contributed by atoms with Gasteiger partial charge in [0.15, 0.2) is 0 Å². The Morgan fingerprint density at radius 3 is 2.50 bits per heavy atom. The van der Waals surface area contributed by atoms with Crippen LogP contribution in [0.4, 0.5) is 0 Å². The van der Waals surface area contributed by atoms with E-state index in [4.69, 9.17) is 14.6 Å². The summed E-state index contributed by atoms with van der Waals surface area (Å²) in [6, 6.07) is 0. The molecule has 16 heavy (non-hydrogen) atoms. The average molecular weight is 230 g/mol. The SMILES string of the molecule is CC(C)(C)OC(=O)COCCC1CC(O)C1. The number of ether oxygens (including phenoxy) is 2. The molecule has 0 unspecified atom stereocenters. The van der Waals surface area contributed by atoms with Crippen LogP contribution in [0.2, 0.25) is 0 Å². The average Bonchev–Trinajstić information content (AvgIpc) is 2.05. The molecule has 0 saturated heterocycles. The molecule has 4 nitrogen and oxygen atoms in total. The van der Waals surface area contributed by atoms with Gasteiger partial charge >= 0.3 is 5.97 Å². The zero-order valence-electron chi connectivity index (χ0n) is 10.4. The molecule has 0 aliphatic heterocycles. The van der Waals surface area contributed by atoms with Gasteiger partial charge in [-0.25, -0.2) is 4.79 Å². The molecule has 1 saturated carbocycles. The minimum atomic E-state index is -0.446. The quantitative estimate of drug-likeness (QED) is 0.574. The van der Waals surface area contributed by atoms with E-state index in [9.17, 15) is 4.79 Å². The summed E-state index contributed by atoms with van der Waals surface area (Å²) in [5.41, 5.74) is -0.446. The Labute approximate surface area is 96.9 Å². The van der Waals surface area contributed by atoms with E-state index in [1.807, 2.05) is 20.8 Å². The topological polar surface area (TPSA) is 55.8 Å². The van der Waals surface area contributed by atoms with Gasteiger partial charge in [0.05, 0.1) is 6.10 Å². The van der Waals surface area contributed by atoms with Crippen molar-refractivity contribution in [3.8, 4) is 0 Å². The standard InChI is InChI=1S/C12H22O4/c1-12(2,3)16-11(14)8-15-5-4-9-6-10(13)7-9/h9-10,13H,4-8H2,1-3H3. The van der Waals surface area contributed by atoms with Crippen LogP contribution in [0.25, 0.3) is 0 Å². The van der Waals surface area contributed by atoms with Gasteiger partial charge < -0.3 is 14.6 Å². The van der Waals surface area contributed by atoms with Crippen molar-refractivity contribution in [1.29, 1.82) is 0 Å². The highest BCUT2D eigenvalue weighted by molar-refractivity contribution is 5.71. The predicted octanol–water partition coefficient (Wildman–Crippen LogP) is 1.51. The fourth-order valence-corrected chi connectivity index (χ4v) is 1.71. The number of rotatable bonds is 5. The number of esters is 1. The first kappa shape index (κ1) is 13.5. The van der Waals surface area contributed by atoms with Gasteiger partial charge in [-0.1, -0.05) is 0 Å². The maximum absolute atomic E-state index is 11.3. The fraction of sp³-hybridized carbons (Fsp3) is 0.917. The van der Waals surface area contributed by atoms with Gasteiger partial charge in [0.25, 0.3) is 0 Å². The van der Waals surface area contributed by atoms with Gasteiger partial charge in [0, 0.05) is 6.61 Å². The zero-order chi connectivity index (χ0) is 12.2. The molecule has 0 aromatic heterocycles. The second-order valence-electron chi connectivity index (χ2n) is 5.42. The largest absolute Gasteiger partial charge is 0.458 e. The Balaban J connectivity index is 1.96. The summed E-state index contributed by atoms with van der Waals surface area (Å²) in [6.07, 6.45) is 2.54. The molecule has 0 radical (unpaired) electrons. The second-order valence-corrected chi connectivity index (χ2v) is 5.42. The van der Waals surface area contributed by atoms with Crippen LogP contribution in [-0.2, 0) is 14.3 Å². The molecule has 1 N–H and O–H groups in total. The molecule has 0 amide bonds. The summed E-state index contributed by atoms with van der Waals surface area (Å²) < 4.78 is 10.3. The molecule has 0 aromatic rings. The van der Waals surface area contributed by atoms with E-state index in [0.717, 1.165) is 19.3 Å². The third-order valence-electron chi connectivity index (χ3n) is 2.52. The fourth-order valence-electron chi connectivity index (χ4n) is 1.71. The Kier molecular flexibility index (Phi) is 4.74. The summed E-state index contributed by atoms with van der Waals surface area (Å²) in [5.74, 6) is 0.245. The number of carbonyl (C=O) groups excluding carboxylic acids is 1. The molecule has 1 fully saturated rings.